The molecule has 1 N–H and O–H groups in total. The number of carbonyl (C=O) groups is 2. The van der Waals surface area contributed by atoms with E-state index in [1.54, 1.807) is 0 Å². The van der Waals surface area contributed by atoms with Gasteiger partial charge in [-0.1, -0.05) is 6.92 Å². The predicted octanol–water partition coefficient (Wildman–Crippen LogP) is 0.175. The first-order valence-corrected chi connectivity index (χ1v) is 10.2. The van der Waals surface area contributed by atoms with Crippen LogP contribution >= 0.6 is 0 Å². The molecule has 0 atom stereocenters. The number of hydrogen-bond acceptors (Lipinski definition) is 4. The lowest BCUT2D eigenvalue weighted by molar-refractivity contribution is -0.132. The van der Waals surface area contributed by atoms with Crippen molar-refractivity contribution in [2.45, 2.75) is 45.1 Å². The number of rotatable bonds is 4. The van der Waals surface area contributed by atoms with Crippen LogP contribution in [0.15, 0.2) is 0 Å². The molecule has 0 bridgehead atoms. The lowest BCUT2D eigenvalue weighted by atomic mass is 9.96. The number of carbonyl (C=O) groups excluding carboxylic acids is 2. The van der Waals surface area contributed by atoms with Gasteiger partial charge in [0.15, 0.2) is 0 Å². The number of piperidine rings is 2. The number of amides is 2. The summed E-state index contributed by atoms with van der Waals surface area (Å²) in [4.78, 5) is 25.8. The standard InChI is InChI=1S/C15H27N3O4S/c1-3-14(19)17-8-6-13(7-9-17)16-15(20)12-4-10-18(11-5-12)23(2,21)22/h12-13H,3-11H2,1-2H3,(H,16,20). The van der Waals surface area contributed by atoms with Gasteiger partial charge in [-0.15, -0.1) is 0 Å². The Hall–Kier alpha value is -1.15. The molecular weight excluding hydrogens is 318 g/mol. The summed E-state index contributed by atoms with van der Waals surface area (Å²) in [7, 11) is -3.15. The second kappa shape index (κ2) is 7.61. The fraction of sp³-hybridized carbons (Fsp3) is 0.867. The molecule has 0 spiro atoms. The second-order valence-corrected chi connectivity index (χ2v) is 8.44. The molecule has 2 rings (SSSR count). The Kier molecular flexibility index (Phi) is 6.02. The zero-order chi connectivity index (χ0) is 17.0. The molecule has 0 aromatic rings. The van der Waals surface area contributed by atoms with E-state index in [0.29, 0.717) is 45.4 Å². The summed E-state index contributed by atoms with van der Waals surface area (Å²) in [6, 6.07) is 0.122. The fourth-order valence-electron chi connectivity index (χ4n) is 3.27. The van der Waals surface area contributed by atoms with E-state index in [4.69, 9.17) is 0 Å². The Labute approximate surface area is 138 Å². The summed E-state index contributed by atoms with van der Waals surface area (Å²) in [5, 5.41) is 3.07. The summed E-state index contributed by atoms with van der Waals surface area (Å²) in [6.07, 6.45) is 4.46. The quantitative estimate of drug-likeness (QED) is 0.787. The predicted molar refractivity (Wildman–Crippen MR) is 87.2 cm³/mol. The smallest absolute Gasteiger partial charge is 0.223 e. The zero-order valence-corrected chi connectivity index (χ0v) is 14.8. The van der Waals surface area contributed by atoms with Gasteiger partial charge in [-0.2, -0.15) is 0 Å². The van der Waals surface area contributed by atoms with Crippen molar-refractivity contribution in [1.29, 1.82) is 0 Å². The van der Waals surface area contributed by atoms with Crippen LogP contribution in [0.4, 0.5) is 0 Å². The zero-order valence-electron chi connectivity index (χ0n) is 14.0. The van der Waals surface area contributed by atoms with Gasteiger partial charge in [0.1, 0.15) is 0 Å². The third kappa shape index (κ3) is 4.91. The molecule has 2 aliphatic heterocycles. The van der Waals surface area contributed by atoms with Gasteiger partial charge < -0.3 is 10.2 Å². The molecule has 0 unspecified atom stereocenters. The van der Waals surface area contributed by atoms with Gasteiger partial charge in [-0.3, -0.25) is 9.59 Å². The molecule has 2 saturated heterocycles. The minimum atomic E-state index is -3.15. The van der Waals surface area contributed by atoms with E-state index in [1.165, 1.54) is 10.6 Å². The minimum Gasteiger partial charge on any atom is -0.353 e. The van der Waals surface area contributed by atoms with Gasteiger partial charge in [0.2, 0.25) is 21.8 Å². The molecule has 7 nitrogen and oxygen atoms in total. The van der Waals surface area contributed by atoms with Crippen LogP contribution in [0.3, 0.4) is 0 Å². The van der Waals surface area contributed by atoms with Crippen molar-refractivity contribution in [3.8, 4) is 0 Å². The van der Waals surface area contributed by atoms with Crippen LogP contribution in [0.25, 0.3) is 0 Å². The molecule has 0 radical (unpaired) electrons. The van der Waals surface area contributed by atoms with Crippen LogP contribution in [0.1, 0.15) is 39.0 Å². The Morgan fingerprint density at radius 1 is 1.04 bits per heavy atom. The first-order chi connectivity index (χ1) is 10.8. The number of sulfonamides is 1. The molecule has 0 aliphatic carbocycles. The largest absolute Gasteiger partial charge is 0.353 e. The monoisotopic (exact) mass is 345 g/mol. The summed E-state index contributed by atoms with van der Waals surface area (Å²) in [6.45, 7) is 4.09. The third-order valence-electron chi connectivity index (χ3n) is 4.79. The summed E-state index contributed by atoms with van der Waals surface area (Å²) in [5.74, 6) is 0.0876. The number of nitrogens with one attached hydrogen (secondary N) is 1. The Morgan fingerprint density at radius 3 is 2.09 bits per heavy atom. The highest BCUT2D eigenvalue weighted by atomic mass is 32.2. The summed E-state index contributed by atoms with van der Waals surface area (Å²) in [5.41, 5.74) is 0. The molecule has 23 heavy (non-hydrogen) atoms. The maximum atomic E-state index is 12.3. The van der Waals surface area contributed by atoms with Gasteiger partial charge >= 0.3 is 0 Å². The molecule has 0 saturated carbocycles. The molecular formula is C15H27N3O4S. The normalized spacial score (nSPS) is 22.1. The molecule has 2 heterocycles. The molecule has 132 valence electrons. The van der Waals surface area contributed by atoms with E-state index in [2.05, 4.69) is 5.32 Å². The topological polar surface area (TPSA) is 86.8 Å². The van der Waals surface area contributed by atoms with Gasteiger partial charge in [0.25, 0.3) is 0 Å². The maximum absolute atomic E-state index is 12.3. The van der Waals surface area contributed by atoms with Crippen molar-refractivity contribution in [1.82, 2.24) is 14.5 Å². The van der Waals surface area contributed by atoms with Crippen LogP contribution in [0.5, 0.6) is 0 Å². The SMILES string of the molecule is CCC(=O)N1CCC(NC(=O)C2CCN(S(C)(=O)=O)CC2)CC1. The van der Waals surface area contributed by atoms with Crippen LogP contribution in [0.2, 0.25) is 0 Å². The van der Waals surface area contributed by atoms with E-state index in [-0.39, 0.29) is 23.8 Å². The lowest BCUT2D eigenvalue weighted by Gasteiger charge is -2.34. The summed E-state index contributed by atoms with van der Waals surface area (Å²) < 4.78 is 24.4. The average molecular weight is 345 g/mol. The van der Waals surface area contributed by atoms with Crippen molar-refractivity contribution >= 4 is 21.8 Å². The third-order valence-corrected chi connectivity index (χ3v) is 6.09. The van der Waals surface area contributed by atoms with Crippen LogP contribution in [0, 0.1) is 5.92 Å². The summed E-state index contributed by atoms with van der Waals surface area (Å²) >= 11 is 0. The Bertz CT molecular complexity index is 533. The lowest BCUT2D eigenvalue weighted by Crippen LogP contribution is -2.49. The van der Waals surface area contributed by atoms with E-state index in [0.717, 1.165) is 12.8 Å². The van der Waals surface area contributed by atoms with Gasteiger partial charge in [-0.25, -0.2) is 12.7 Å². The van der Waals surface area contributed by atoms with Gasteiger partial charge in [-0.05, 0) is 25.7 Å². The van der Waals surface area contributed by atoms with E-state index >= 15 is 0 Å². The van der Waals surface area contributed by atoms with E-state index in [9.17, 15) is 18.0 Å². The maximum Gasteiger partial charge on any atom is 0.223 e. The van der Waals surface area contributed by atoms with Crippen molar-refractivity contribution in [3.63, 3.8) is 0 Å². The van der Waals surface area contributed by atoms with Crippen molar-refractivity contribution in [3.05, 3.63) is 0 Å². The Morgan fingerprint density at radius 2 is 1.61 bits per heavy atom. The highest BCUT2D eigenvalue weighted by Gasteiger charge is 2.30. The highest BCUT2D eigenvalue weighted by molar-refractivity contribution is 7.88. The van der Waals surface area contributed by atoms with Gasteiger partial charge in [0, 0.05) is 44.6 Å². The number of nitrogens with zero attached hydrogens (tertiary/aromatic N) is 2. The highest BCUT2D eigenvalue weighted by Crippen LogP contribution is 2.20. The van der Waals surface area contributed by atoms with Crippen molar-refractivity contribution in [2.24, 2.45) is 5.92 Å². The molecule has 0 aromatic carbocycles. The first-order valence-electron chi connectivity index (χ1n) is 8.34. The molecule has 2 aliphatic rings. The Balaban J connectivity index is 1.75. The molecule has 0 aromatic heterocycles. The molecule has 8 heteroatoms. The van der Waals surface area contributed by atoms with E-state index < -0.39 is 10.0 Å². The molecule has 2 amide bonds. The van der Waals surface area contributed by atoms with Crippen LogP contribution < -0.4 is 5.32 Å². The first kappa shape index (κ1) is 18.2. The number of hydrogen-bond donors (Lipinski definition) is 1. The minimum absolute atomic E-state index is 0.0263. The van der Waals surface area contributed by atoms with Crippen LogP contribution in [-0.4, -0.2) is 67.9 Å². The van der Waals surface area contributed by atoms with Crippen LogP contribution in [-0.2, 0) is 19.6 Å². The fourth-order valence-corrected chi connectivity index (χ4v) is 4.14. The van der Waals surface area contributed by atoms with E-state index in [1.807, 2.05) is 11.8 Å². The second-order valence-electron chi connectivity index (χ2n) is 6.45. The molecule has 2 fully saturated rings. The van der Waals surface area contributed by atoms with Crippen molar-refractivity contribution in [2.75, 3.05) is 32.4 Å². The number of likely N-dealkylation sites (tertiary alicyclic amines) is 1. The van der Waals surface area contributed by atoms with Crippen molar-refractivity contribution < 1.29 is 18.0 Å². The van der Waals surface area contributed by atoms with Gasteiger partial charge in [0.05, 0.1) is 6.26 Å². The average Bonchev–Trinajstić information content (AvgIpc) is 2.54.